The summed E-state index contributed by atoms with van der Waals surface area (Å²) in [6, 6.07) is 8.22. The van der Waals surface area contributed by atoms with Gasteiger partial charge in [0, 0.05) is 56.7 Å². The zero-order valence-corrected chi connectivity index (χ0v) is 16.1. The molecule has 0 radical (unpaired) electrons. The van der Waals surface area contributed by atoms with Gasteiger partial charge < -0.3 is 9.80 Å². The molecule has 0 bridgehead atoms. The highest BCUT2D eigenvalue weighted by molar-refractivity contribution is 5.78. The van der Waals surface area contributed by atoms with Crippen molar-refractivity contribution in [1.29, 1.82) is 0 Å². The molecule has 0 spiro atoms. The minimum atomic E-state index is -0.405. The van der Waals surface area contributed by atoms with Crippen LogP contribution in [0.4, 0.5) is 11.6 Å². The van der Waals surface area contributed by atoms with Gasteiger partial charge >= 0.3 is 0 Å². The molecular formula is C19H24N6O3. The maximum Gasteiger partial charge on any atom is 0.269 e. The van der Waals surface area contributed by atoms with E-state index in [4.69, 9.17) is 0 Å². The van der Waals surface area contributed by atoms with Crippen LogP contribution in [0.1, 0.15) is 18.5 Å². The number of carbonyl (C=O) groups excluding carboxylic acids is 1. The molecule has 9 nitrogen and oxygen atoms in total. The molecular weight excluding hydrogens is 360 g/mol. The molecule has 1 aliphatic rings. The van der Waals surface area contributed by atoms with E-state index in [2.05, 4.69) is 14.9 Å². The summed E-state index contributed by atoms with van der Waals surface area (Å²) in [4.78, 5) is 37.6. The first-order chi connectivity index (χ1) is 13.5. The molecule has 1 aromatic carbocycles. The van der Waals surface area contributed by atoms with E-state index in [0.29, 0.717) is 32.1 Å². The van der Waals surface area contributed by atoms with Crippen molar-refractivity contribution in [3.05, 3.63) is 58.4 Å². The largest absolute Gasteiger partial charge is 0.338 e. The molecule has 0 N–H and O–H groups in total. The van der Waals surface area contributed by atoms with Gasteiger partial charge in [-0.1, -0.05) is 12.1 Å². The van der Waals surface area contributed by atoms with E-state index < -0.39 is 4.92 Å². The van der Waals surface area contributed by atoms with Crippen molar-refractivity contribution in [2.45, 2.75) is 13.0 Å². The molecule has 1 fully saturated rings. The number of rotatable bonds is 6. The second kappa shape index (κ2) is 8.75. The molecule has 1 aliphatic heterocycles. The van der Waals surface area contributed by atoms with Crippen LogP contribution in [0.5, 0.6) is 0 Å². The van der Waals surface area contributed by atoms with Crippen molar-refractivity contribution in [3.63, 3.8) is 0 Å². The molecule has 1 unspecified atom stereocenters. The fourth-order valence-corrected chi connectivity index (χ4v) is 3.21. The Morgan fingerprint density at radius 3 is 2.54 bits per heavy atom. The third kappa shape index (κ3) is 4.61. The van der Waals surface area contributed by atoms with Gasteiger partial charge in [0.15, 0.2) is 0 Å². The summed E-state index contributed by atoms with van der Waals surface area (Å²) >= 11 is 0. The normalized spacial score (nSPS) is 15.5. The molecule has 0 saturated carbocycles. The van der Waals surface area contributed by atoms with Crippen LogP contribution in [0.2, 0.25) is 0 Å². The van der Waals surface area contributed by atoms with E-state index >= 15 is 0 Å². The summed E-state index contributed by atoms with van der Waals surface area (Å²) in [6.45, 7) is 4.83. The van der Waals surface area contributed by atoms with Gasteiger partial charge in [-0.25, -0.2) is 9.97 Å². The molecule has 2 aromatic rings. The van der Waals surface area contributed by atoms with E-state index in [-0.39, 0.29) is 24.2 Å². The number of benzene rings is 1. The van der Waals surface area contributed by atoms with Gasteiger partial charge in [0.2, 0.25) is 11.9 Å². The van der Waals surface area contributed by atoms with E-state index in [0.717, 1.165) is 5.56 Å². The Morgan fingerprint density at radius 2 is 1.89 bits per heavy atom. The number of likely N-dealkylation sites (N-methyl/N-ethyl adjacent to an activating group) is 1. The van der Waals surface area contributed by atoms with E-state index in [1.54, 1.807) is 30.6 Å². The zero-order chi connectivity index (χ0) is 20.1. The smallest absolute Gasteiger partial charge is 0.269 e. The molecule has 2 heterocycles. The summed E-state index contributed by atoms with van der Waals surface area (Å²) in [5, 5.41) is 11.0. The van der Waals surface area contributed by atoms with Gasteiger partial charge in [-0.05, 0) is 25.6 Å². The second-order valence-corrected chi connectivity index (χ2v) is 6.86. The fraction of sp³-hybridized carbons (Fsp3) is 0.421. The number of anilines is 1. The van der Waals surface area contributed by atoms with Gasteiger partial charge in [0.05, 0.1) is 11.5 Å². The van der Waals surface area contributed by atoms with Crippen molar-refractivity contribution >= 4 is 17.5 Å². The second-order valence-electron chi connectivity index (χ2n) is 6.86. The van der Waals surface area contributed by atoms with Crippen LogP contribution in [-0.4, -0.2) is 70.4 Å². The third-order valence-corrected chi connectivity index (χ3v) is 5.08. The van der Waals surface area contributed by atoms with E-state index in [1.165, 1.54) is 6.07 Å². The molecule has 1 atom stereocenters. The predicted molar refractivity (Wildman–Crippen MR) is 105 cm³/mol. The average molecular weight is 384 g/mol. The Kier molecular flexibility index (Phi) is 6.15. The number of nitrogens with zero attached hydrogens (tertiary/aromatic N) is 6. The SMILES string of the molecule is CC(c1cccc([N+](=O)[O-])c1)N(C)CC(=O)N1CCN(c2ncccn2)CC1. The lowest BCUT2D eigenvalue weighted by molar-refractivity contribution is -0.384. The standard InChI is InChI=1S/C19H24N6O3/c1-15(16-5-3-6-17(13-16)25(27)28)22(2)14-18(26)23-9-11-24(12-10-23)19-20-7-4-8-21-19/h3-8,13,15H,9-12,14H2,1-2H3. The summed E-state index contributed by atoms with van der Waals surface area (Å²) in [5.41, 5.74) is 0.874. The minimum absolute atomic E-state index is 0.0495. The maximum atomic E-state index is 12.7. The highest BCUT2D eigenvalue weighted by Crippen LogP contribution is 2.23. The van der Waals surface area contributed by atoms with Gasteiger partial charge in [0.1, 0.15) is 0 Å². The van der Waals surface area contributed by atoms with Crippen molar-refractivity contribution in [2.75, 3.05) is 44.7 Å². The van der Waals surface area contributed by atoms with Gasteiger partial charge in [-0.15, -0.1) is 0 Å². The number of nitro groups is 1. The highest BCUT2D eigenvalue weighted by atomic mass is 16.6. The first-order valence-corrected chi connectivity index (χ1v) is 9.20. The summed E-state index contributed by atoms with van der Waals surface area (Å²) in [6.07, 6.45) is 3.42. The fourth-order valence-electron chi connectivity index (χ4n) is 3.21. The summed E-state index contributed by atoms with van der Waals surface area (Å²) in [5.74, 6) is 0.736. The monoisotopic (exact) mass is 384 g/mol. The van der Waals surface area contributed by atoms with Crippen LogP contribution in [0, 0.1) is 10.1 Å². The van der Waals surface area contributed by atoms with Crippen LogP contribution in [-0.2, 0) is 4.79 Å². The van der Waals surface area contributed by atoms with Gasteiger partial charge in [-0.2, -0.15) is 0 Å². The van der Waals surface area contributed by atoms with Crippen LogP contribution in [0.25, 0.3) is 0 Å². The first-order valence-electron chi connectivity index (χ1n) is 9.20. The molecule has 1 amide bonds. The topological polar surface area (TPSA) is 95.7 Å². The van der Waals surface area contributed by atoms with Crippen LogP contribution < -0.4 is 4.90 Å². The Bertz CT molecular complexity index is 823. The van der Waals surface area contributed by atoms with E-state index in [9.17, 15) is 14.9 Å². The predicted octanol–water partition coefficient (Wildman–Crippen LogP) is 1.73. The lowest BCUT2D eigenvalue weighted by Gasteiger charge is -2.36. The Labute approximate surface area is 163 Å². The number of amides is 1. The van der Waals surface area contributed by atoms with Crippen LogP contribution >= 0.6 is 0 Å². The summed E-state index contributed by atoms with van der Waals surface area (Å²) < 4.78 is 0. The maximum absolute atomic E-state index is 12.7. The first kappa shape index (κ1) is 19.7. The quantitative estimate of drug-likeness (QED) is 0.553. The number of non-ortho nitro benzene ring substituents is 1. The Hall–Kier alpha value is -3.07. The molecule has 1 saturated heterocycles. The van der Waals surface area contributed by atoms with Crippen LogP contribution in [0.15, 0.2) is 42.7 Å². The number of carbonyl (C=O) groups is 1. The molecule has 1 aromatic heterocycles. The molecule has 28 heavy (non-hydrogen) atoms. The lowest BCUT2D eigenvalue weighted by atomic mass is 10.1. The number of piperazine rings is 1. The van der Waals surface area contributed by atoms with E-state index in [1.807, 2.05) is 29.8 Å². The van der Waals surface area contributed by atoms with Crippen molar-refractivity contribution in [1.82, 2.24) is 19.8 Å². The van der Waals surface area contributed by atoms with Crippen molar-refractivity contribution < 1.29 is 9.72 Å². The van der Waals surface area contributed by atoms with Gasteiger partial charge in [0.25, 0.3) is 5.69 Å². The lowest BCUT2D eigenvalue weighted by Crippen LogP contribution is -2.51. The summed E-state index contributed by atoms with van der Waals surface area (Å²) in [7, 11) is 1.86. The molecule has 0 aliphatic carbocycles. The molecule has 9 heteroatoms. The molecule has 148 valence electrons. The number of hydrogen-bond acceptors (Lipinski definition) is 7. The van der Waals surface area contributed by atoms with Crippen molar-refractivity contribution in [3.8, 4) is 0 Å². The minimum Gasteiger partial charge on any atom is -0.338 e. The number of nitro benzene ring substituents is 1. The molecule has 3 rings (SSSR count). The van der Waals surface area contributed by atoms with Crippen LogP contribution in [0.3, 0.4) is 0 Å². The Morgan fingerprint density at radius 1 is 1.21 bits per heavy atom. The number of hydrogen-bond donors (Lipinski definition) is 0. The highest BCUT2D eigenvalue weighted by Gasteiger charge is 2.24. The Balaban J connectivity index is 1.54. The van der Waals surface area contributed by atoms with Gasteiger partial charge in [-0.3, -0.25) is 19.8 Å². The number of aromatic nitrogens is 2. The average Bonchev–Trinajstić information content (AvgIpc) is 2.74. The van der Waals surface area contributed by atoms with Crippen molar-refractivity contribution in [2.24, 2.45) is 0 Å². The third-order valence-electron chi connectivity index (χ3n) is 5.08. The zero-order valence-electron chi connectivity index (χ0n) is 16.1.